The van der Waals surface area contributed by atoms with Crippen LogP contribution >= 0.6 is 0 Å². The minimum Gasteiger partial charge on any atom is -0.455 e. The van der Waals surface area contributed by atoms with E-state index < -0.39 is 0 Å². The van der Waals surface area contributed by atoms with Gasteiger partial charge < -0.3 is 15.8 Å². The number of amides is 1. The highest BCUT2D eigenvalue weighted by atomic mass is 16.5. The highest BCUT2D eigenvalue weighted by Gasteiger charge is 2.20. The van der Waals surface area contributed by atoms with E-state index in [9.17, 15) is 4.79 Å². The van der Waals surface area contributed by atoms with Crippen molar-refractivity contribution in [2.45, 2.75) is 20.3 Å². The summed E-state index contributed by atoms with van der Waals surface area (Å²) in [5, 5.41) is 2.80. The van der Waals surface area contributed by atoms with Crippen LogP contribution in [0.2, 0.25) is 0 Å². The molecule has 0 aliphatic carbocycles. The molecule has 20 heavy (non-hydrogen) atoms. The van der Waals surface area contributed by atoms with Crippen LogP contribution < -0.4 is 15.8 Å². The third kappa shape index (κ3) is 2.20. The number of fused-ring (bicyclic) bond motifs is 1. The molecule has 3 rings (SSSR count). The van der Waals surface area contributed by atoms with E-state index in [0.29, 0.717) is 17.9 Å². The van der Waals surface area contributed by atoms with Crippen molar-refractivity contribution < 1.29 is 9.53 Å². The minimum atomic E-state index is -0.0114. The molecule has 2 aromatic rings. The van der Waals surface area contributed by atoms with Crippen molar-refractivity contribution in [1.82, 2.24) is 0 Å². The molecule has 0 fully saturated rings. The van der Waals surface area contributed by atoms with Crippen LogP contribution in [0.4, 0.5) is 11.4 Å². The maximum absolute atomic E-state index is 11.4. The van der Waals surface area contributed by atoms with Gasteiger partial charge in [-0.15, -0.1) is 0 Å². The van der Waals surface area contributed by atoms with E-state index in [1.165, 1.54) is 5.56 Å². The lowest BCUT2D eigenvalue weighted by atomic mass is 10.1. The van der Waals surface area contributed by atoms with Crippen LogP contribution in [-0.2, 0) is 11.2 Å². The zero-order valence-electron chi connectivity index (χ0n) is 11.5. The van der Waals surface area contributed by atoms with Crippen LogP contribution in [0, 0.1) is 13.8 Å². The van der Waals surface area contributed by atoms with Crippen LogP contribution in [0.1, 0.15) is 16.7 Å². The van der Waals surface area contributed by atoms with E-state index in [2.05, 4.69) is 12.2 Å². The van der Waals surface area contributed by atoms with Crippen molar-refractivity contribution in [2.75, 3.05) is 11.1 Å². The summed E-state index contributed by atoms with van der Waals surface area (Å²) in [5.41, 5.74) is 10.6. The first kappa shape index (κ1) is 12.5. The molecule has 0 aromatic heterocycles. The number of rotatable bonds is 2. The second kappa shape index (κ2) is 4.56. The first-order valence-corrected chi connectivity index (χ1v) is 6.50. The molecule has 0 bridgehead atoms. The normalized spacial score (nSPS) is 13.0. The van der Waals surface area contributed by atoms with E-state index in [4.69, 9.17) is 10.5 Å². The summed E-state index contributed by atoms with van der Waals surface area (Å²) in [5.74, 6) is 1.29. The molecule has 1 aliphatic rings. The summed E-state index contributed by atoms with van der Waals surface area (Å²) < 4.78 is 5.83. The first-order valence-electron chi connectivity index (χ1n) is 6.50. The molecule has 1 heterocycles. The van der Waals surface area contributed by atoms with E-state index in [0.717, 1.165) is 22.6 Å². The van der Waals surface area contributed by atoms with E-state index >= 15 is 0 Å². The van der Waals surface area contributed by atoms with Crippen LogP contribution in [0.3, 0.4) is 0 Å². The second-order valence-corrected chi connectivity index (χ2v) is 5.12. The number of hydrogen-bond acceptors (Lipinski definition) is 3. The molecule has 0 saturated carbocycles. The average Bonchev–Trinajstić information content (AvgIpc) is 2.73. The number of aryl methyl sites for hydroxylation is 2. The molecule has 0 radical (unpaired) electrons. The van der Waals surface area contributed by atoms with Gasteiger partial charge in [0.15, 0.2) is 5.75 Å². The molecule has 1 amide bonds. The van der Waals surface area contributed by atoms with Gasteiger partial charge >= 0.3 is 0 Å². The lowest BCUT2D eigenvalue weighted by molar-refractivity contribution is -0.115. The Morgan fingerprint density at radius 3 is 2.70 bits per heavy atom. The number of benzene rings is 2. The fourth-order valence-corrected chi connectivity index (χ4v) is 2.27. The van der Waals surface area contributed by atoms with E-state index in [1.807, 2.05) is 25.1 Å². The quantitative estimate of drug-likeness (QED) is 0.822. The van der Waals surface area contributed by atoms with Crippen molar-refractivity contribution in [2.24, 2.45) is 0 Å². The summed E-state index contributed by atoms with van der Waals surface area (Å²) >= 11 is 0. The van der Waals surface area contributed by atoms with E-state index in [1.54, 1.807) is 12.1 Å². The van der Waals surface area contributed by atoms with Crippen molar-refractivity contribution in [3.05, 3.63) is 47.0 Å². The van der Waals surface area contributed by atoms with Crippen molar-refractivity contribution >= 4 is 17.3 Å². The molecule has 4 heteroatoms. The smallest absolute Gasteiger partial charge is 0.228 e. The lowest BCUT2D eigenvalue weighted by Gasteiger charge is -2.11. The number of ether oxygens (including phenoxy) is 1. The Morgan fingerprint density at radius 1 is 1.15 bits per heavy atom. The maximum atomic E-state index is 11.4. The molecular weight excluding hydrogens is 252 g/mol. The third-order valence-electron chi connectivity index (χ3n) is 3.57. The monoisotopic (exact) mass is 268 g/mol. The number of carbonyl (C=O) groups excluding carboxylic acids is 1. The van der Waals surface area contributed by atoms with Crippen LogP contribution in [0.15, 0.2) is 30.3 Å². The van der Waals surface area contributed by atoms with E-state index in [-0.39, 0.29) is 5.91 Å². The first-order chi connectivity index (χ1) is 9.52. The van der Waals surface area contributed by atoms with Gasteiger partial charge in [0.2, 0.25) is 5.91 Å². The van der Waals surface area contributed by atoms with Gasteiger partial charge in [0.1, 0.15) is 5.75 Å². The highest BCUT2D eigenvalue weighted by molar-refractivity contribution is 6.00. The molecular formula is C16H16N2O2. The molecule has 0 atom stereocenters. The van der Waals surface area contributed by atoms with Gasteiger partial charge in [0, 0.05) is 11.8 Å². The van der Waals surface area contributed by atoms with Crippen LogP contribution in [0.5, 0.6) is 11.5 Å². The Balaban J connectivity index is 1.93. The molecule has 4 nitrogen and oxygen atoms in total. The third-order valence-corrected chi connectivity index (χ3v) is 3.57. The lowest BCUT2D eigenvalue weighted by Crippen LogP contribution is -2.03. The van der Waals surface area contributed by atoms with Gasteiger partial charge in [-0.3, -0.25) is 4.79 Å². The molecule has 1 aliphatic heterocycles. The molecule has 0 unspecified atom stereocenters. The summed E-state index contributed by atoms with van der Waals surface area (Å²) in [7, 11) is 0. The van der Waals surface area contributed by atoms with Gasteiger partial charge in [-0.2, -0.15) is 0 Å². The van der Waals surface area contributed by atoms with Crippen molar-refractivity contribution in [3.8, 4) is 11.5 Å². The molecule has 0 spiro atoms. The minimum absolute atomic E-state index is 0.0114. The zero-order valence-corrected chi connectivity index (χ0v) is 11.5. The number of anilines is 2. The van der Waals surface area contributed by atoms with Gasteiger partial charge in [0.05, 0.1) is 12.1 Å². The fourth-order valence-electron chi connectivity index (χ4n) is 2.27. The van der Waals surface area contributed by atoms with Crippen LogP contribution in [0.25, 0.3) is 0 Å². The van der Waals surface area contributed by atoms with Gasteiger partial charge in [-0.05, 0) is 48.7 Å². The summed E-state index contributed by atoms with van der Waals surface area (Å²) in [6.45, 7) is 4.09. The Labute approximate surface area is 117 Å². The number of carbonyl (C=O) groups is 1. The zero-order chi connectivity index (χ0) is 14.3. The predicted molar refractivity (Wildman–Crippen MR) is 79.2 cm³/mol. The van der Waals surface area contributed by atoms with Gasteiger partial charge in [-0.1, -0.05) is 6.07 Å². The number of nitrogens with one attached hydrogen (secondary N) is 1. The fraction of sp³-hybridized carbons (Fsp3) is 0.188. The largest absolute Gasteiger partial charge is 0.455 e. The highest BCUT2D eigenvalue weighted by Crippen LogP contribution is 2.35. The Bertz CT molecular complexity index is 708. The molecule has 102 valence electrons. The average molecular weight is 268 g/mol. The molecule has 3 N–H and O–H groups in total. The Kier molecular flexibility index (Phi) is 2.86. The van der Waals surface area contributed by atoms with Crippen LogP contribution in [-0.4, -0.2) is 5.91 Å². The second-order valence-electron chi connectivity index (χ2n) is 5.12. The number of hydrogen-bond donors (Lipinski definition) is 2. The topological polar surface area (TPSA) is 64.3 Å². The number of nitrogens with two attached hydrogens (primary N) is 1. The maximum Gasteiger partial charge on any atom is 0.228 e. The molecule has 0 saturated heterocycles. The van der Waals surface area contributed by atoms with Gasteiger partial charge in [-0.25, -0.2) is 0 Å². The standard InChI is InChI=1S/C16H16N2O2/c1-9-3-4-12(5-10(9)2)20-15-8-14-11(6-13(15)17)7-16(19)18-14/h3-6,8H,7,17H2,1-2H3,(H,18,19). The summed E-state index contributed by atoms with van der Waals surface area (Å²) in [4.78, 5) is 11.4. The van der Waals surface area contributed by atoms with Gasteiger partial charge in [0.25, 0.3) is 0 Å². The van der Waals surface area contributed by atoms with Crippen molar-refractivity contribution in [3.63, 3.8) is 0 Å². The SMILES string of the molecule is Cc1ccc(Oc2cc3c(cc2N)CC(=O)N3)cc1C. The molecule has 2 aromatic carbocycles. The summed E-state index contributed by atoms with van der Waals surface area (Å²) in [6.07, 6.45) is 0.378. The Morgan fingerprint density at radius 2 is 1.95 bits per heavy atom. The van der Waals surface area contributed by atoms with Crippen molar-refractivity contribution in [1.29, 1.82) is 0 Å². The number of nitrogen functional groups attached to an aromatic ring is 1. The Hall–Kier alpha value is -2.49. The predicted octanol–water partition coefficient (Wildman–Crippen LogP) is 3.17. The summed E-state index contributed by atoms with van der Waals surface area (Å²) in [6, 6.07) is 9.47.